The van der Waals surface area contributed by atoms with Crippen molar-refractivity contribution in [3.8, 4) is 16.9 Å². The van der Waals surface area contributed by atoms with Crippen molar-refractivity contribution in [3.63, 3.8) is 0 Å². The van der Waals surface area contributed by atoms with Crippen molar-refractivity contribution in [1.82, 2.24) is 0 Å². The van der Waals surface area contributed by atoms with E-state index in [0.29, 0.717) is 17.7 Å². The zero-order valence-corrected chi connectivity index (χ0v) is 15.0. The number of ether oxygens (including phenoxy) is 1. The van der Waals surface area contributed by atoms with E-state index in [4.69, 9.17) is 0 Å². The molecule has 3 rings (SSSR count). The van der Waals surface area contributed by atoms with E-state index in [1.807, 2.05) is 6.92 Å². The molecule has 0 aromatic heterocycles. The van der Waals surface area contributed by atoms with Gasteiger partial charge in [-0.3, -0.25) is 0 Å². The average molecular weight is 400 g/mol. The lowest BCUT2D eigenvalue weighted by Crippen LogP contribution is -2.17. The van der Waals surface area contributed by atoms with Crippen LogP contribution in [0, 0.1) is 17.5 Å². The summed E-state index contributed by atoms with van der Waals surface area (Å²) >= 11 is 0. The lowest BCUT2D eigenvalue weighted by atomic mass is 9.89. The predicted octanol–water partition coefficient (Wildman–Crippen LogP) is 7.27. The van der Waals surface area contributed by atoms with Crippen LogP contribution in [-0.4, -0.2) is 6.36 Å². The second kappa shape index (κ2) is 7.89. The van der Waals surface area contributed by atoms with Crippen molar-refractivity contribution in [2.75, 3.05) is 0 Å². The Morgan fingerprint density at radius 3 is 2.21 bits per heavy atom. The zero-order chi connectivity index (χ0) is 20.5. The third kappa shape index (κ3) is 4.69. The van der Waals surface area contributed by atoms with Gasteiger partial charge in [0.15, 0.2) is 11.6 Å². The summed E-state index contributed by atoms with van der Waals surface area (Å²) < 4.78 is 83.4. The third-order valence-corrected chi connectivity index (χ3v) is 4.88. The van der Waals surface area contributed by atoms with Gasteiger partial charge < -0.3 is 4.74 Å². The van der Waals surface area contributed by atoms with Gasteiger partial charge in [0.1, 0.15) is 11.6 Å². The summed E-state index contributed by atoms with van der Waals surface area (Å²) in [7, 11) is 0. The SMILES string of the molecule is CC1=CCCC(c2cc(F)c(-c3ccc(OC(F)(F)F)c(F)c3)c(F)c2)CC1. The number of hydrogen-bond acceptors (Lipinski definition) is 1. The van der Waals surface area contributed by atoms with E-state index >= 15 is 0 Å². The largest absolute Gasteiger partial charge is 0.573 e. The highest BCUT2D eigenvalue weighted by Gasteiger charge is 2.32. The average Bonchev–Trinajstić information content (AvgIpc) is 2.80. The fourth-order valence-electron chi connectivity index (χ4n) is 3.48. The summed E-state index contributed by atoms with van der Waals surface area (Å²) in [5.74, 6) is -4.18. The first-order valence-corrected chi connectivity index (χ1v) is 8.84. The molecule has 1 unspecified atom stereocenters. The van der Waals surface area contributed by atoms with Crippen LogP contribution < -0.4 is 4.74 Å². The molecule has 2 aromatic carbocycles. The summed E-state index contributed by atoms with van der Waals surface area (Å²) in [4.78, 5) is 0. The maximum absolute atomic E-state index is 14.6. The monoisotopic (exact) mass is 400 g/mol. The fraction of sp³-hybridized carbons (Fsp3) is 0.333. The van der Waals surface area contributed by atoms with Gasteiger partial charge in [-0.25, -0.2) is 13.2 Å². The van der Waals surface area contributed by atoms with Crippen LogP contribution in [0.3, 0.4) is 0 Å². The highest BCUT2D eigenvalue weighted by Crippen LogP contribution is 2.36. The van der Waals surface area contributed by atoms with E-state index in [2.05, 4.69) is 10.8 Å². The molecule has 0 aliphatic heterocycles. The number of hydrogen-bond donors (Lipinski definition) is 0. The molecular formula is C21H18F6O. The molecule has 28 heavy (non-hydrogen) atoms. The first-order chi connectivity index (χ1) is 13.1. The number of rotatable bonds is 3. The van der Waals surface area contributed by atoms with Gasteiger partial charge in [0, 0.05) is 0 Å². The summed E-state index contributed by atoms with van der Waals surface area (Å²) in [5.41, 5.74) is 1.09. The lowest BCUT2D eigenvalue weighted by molar-refractivity contribution is -0.275. The maximum Gasteiger partial charge on any atom is 0.573 e. The molecule has 0 radical (unpaired) electrons. The summed E-state index contributed by atoms with van der Waals surface area (Å²) in [6.45, 7) is 2.02. The Labute approximate surface area is 158 Å². The summed E-state index contributed by atoms with van der Waals surface area (Å²) in [6.07, 6.45) is 0.280. The molecule has 1 nitrogen and oxygen atoms in total. The summed E-state index contributed by atoms with van der Waals surface area (Å²) in [6, 6.07) is 4.76. The van der Waals surface area contributed by atoms with E-state index in [-0.39, 0.29) is 11.5 Å². The van der Waals surface area contributed by atoms with Crippen molar-refractivity contribution < 1.29 is 31.1 Å². The molecule has 0 saturated heterocycles. The molecule has 0 saturated carbocycles. The van der Waals surface area contributed by atoms with E-state index in [1.54, 1.807) is 0 Å². The van der Waals surface area contributed by atoms with Crippen LogP contribution in [-0.2, 0) is 0 Å². The molecule has 0 amide bonds. The van der Waals surface area contributed by atoms with E-state index in [1.165, 1.54) is 17.7 Å². The standard InChI is InChI=1S/C21H18F6O/c1-12-3-2-4-13(6-5-12)15-10-17(23)20(18(24)11-15)14-7-8-19(16(22)9-14)28-21(25,26)27/h3,7-11,13H,2,4-6H2,1H3. The Morgan fingerprint density at radius 1 is 0.929 bits per heavy atom. The lowest BCUT2D eigenvalue weighted by Gasteiger charge is -2.17. The molecule has 0 bridgehead atoms. The van der Waals surface area contributed by atoms with Crippen LogP contribution >= 0.6 is 0 Å². The van der Waals surface area contributed by atoms with Gasteiger partial charge in [0.05, 0.1) is 5.56 Å². The highest BCUT2D eigenvalue weighted by atomic mass is 19.4. The molecule has 0 N–H and O–H groups in total. The van der Waals surface area contributed by atoms with Crippen LogP contribution in [0.4, 0.5) is 26.3 Å². The molecule has 0 spiro atoms. The first-order valence-electron chi connectivity index (χ1n) is 8.84. The van der Waals surface area contributed by atoms with Crippen LogP contribution in [0.5, 0.6) is 5.75 Å². The van der Waals surface area contributed by atoms with Crippen LogP contribution in [0.1, 0.15) is 44.1 Å². The molecule has 0 fully saturated rings. The van der Waals surface area contributed by atoms with Crippen molar-refractivity contribution in [2.45, 2.75) is 44.9 Å². The molecule has 1 aliphatic rings. The normalized spacial score (nSPS) is 17.8. The van der Waals surface area contributed by atoms with Gasteiger partial charge in [0.25, 0.3) is 0 Å². The molecule has 1 atom stereocenters. The minimum absolute atomic E-state index is 0.00560. The minimum Gasteiger partial charge on any atom is -0.403 e. The molecular weight excluding hydrogens is 382 g/mol. The Bertz CT molecular complexity index is 877. The first kappa shape index (κ1) is 20.3. The van der Waals surface area contributed by atoms with Crippen molar-refractivity contribution in [2.24, 2.45) is 0 Å². The molecule has 2 aromatic rings. The number of halogens is 6. The van der Waals surface area contributed by atoms with Crippen molar-refractivity contribution in [1.29, 1.82) is 0 Å². The van der Waals surface area contributed by atoms with Gasteiger partial charge in [-0.2, -0.15) is 0 Å². The van der Waals surface area contributed by atoms with E-state index < -0.39 is 35.1 Å². The van der Waals surface area contributed by atoms with Gasteiger partial charge in [-0.05, 0) is 73.9 Å². The Kier molecular flexibility index (Phi) is 5.72. The number of allylic oxidation sites excluding steroid dienone is 2. The predicted molar refractivity (Wildman–Crippen MR) is 93.4 cm³/mol. The topological polar surface area (TPSA) is 9.23 Å². The molecule has 7 heteroatoms. The van der Waals surface area contributed by atoms with E-state index in [0.717, 1.165) is 31.7 Å². The maximum atomic E-state index is 14.6. The second-order valence-corrected chi connectivity index (χ2v) is 6.92. The number of alkyl halides is 3. The van der Waals surface area contributed by atoms with Gasteiger partial charge in [-0.15, -0.1) is 13.2 Å². The molecule has 0 heterocycles. The van der Waals surface area contributed by atoms with Crippen molar-refractivity contribution in [3.05, 3.63) is 65.0 Å². The second-order valence-electron chi connectivity index (χ2n) is 6.92. The Morgan fingerprint density at radius 2 is 1.61 bits per heavy atom. The number of benzene rings is 2. The van der Waals surface area contributed by atoms with Crippen LogP contribution in [0.25, 0.3) is 11.1 Å². The van der Waals surface area contributed by atoms with Crippen LogP contribution in [0.2, 0.25) is 0 Å². The molecule has 150 valence electrons. The fourth-order valence-corrected chi connectivity index (χ4v) is 3.48. The van der Waals surface area contributed by atoms with Gasteiger partial charge in [-0.1, -0.05) is 17.7 Å². The Balaban J connectivity index is 1.90. The molecule has 1 aliphatic carbocycles. The highest BCUT2D eigenvalue weighted by molar-refractivity contribution is 5.66. The van der Waals surface area contributed by atoms with Crippen LogP contribution in [0.15, 0.2) is 42.0 Å². The third-order valence-electron chi connectivity index (χ3n) is 4.88. The van der Waals surface area contributed by atoms with Gasteiger partial charge >= 0.3 is 6.36 Å². The smallest absolute Gasteiger partial charge is 0.403 e. The zero-order valence-electron chi connectivity index (χ0n) is 15.0. The van der Waals surface area contributed by atoms with Gasteiger partial charge in [0.2, 0.25) is 0 Å². The Hall–Kier alpha value is -2.44. The van der Waals surface area contributed by atoms with E-state index in [9.17, 15) is 26.3 Å². The van der Waals surface area contributed by atoms with Crippen molar-refractivity contribution >= 4 is 0 Å². The minimum atomic E-state index is -5.06. The quantitative estimate of drug-likeness (QED) is 0.389. The summed E-state index contributed by atoms with van der Waals surface area (Å²) in [5, 5.41) is 0.